The largest absolute Gasteiger partial charge is 0.394 e. The van der Waals surface area contributed by atoms with Gasteiger partial charge in [0.15, 0.2) is 0 Å². The summed E-state index contributed by atoms with van der Waals surface area (Å²) in [6.45, 7) is 10.0. The number of hydrogen-bond acceptors (Lipinski definition) is 5. The lowest BCUT2D eigenvalue weighted by Crippen LogP contribution is -2.61. The maximum absolute atomic E-state index is 14.1. The summed E-state index contributed by atoms with van der Waals surface area (Å²) in [6.07, 6.45) is 1.89. The molecule has 1 spiro atoms. The summed E-state index contributed by atoms with van der Waals surface area (Å²) in [5, 5.41) is 16.3. The number of nitrogens with one attached hydrogen (secondary N) is 2. The van der Waals surface area contributed by atoms with Crippen LogP contribution >= 0.6 is 0 Å². The third kappa shape index (κ3) is 4.65. The molecule has 3 amide bonds. The van der Waals surface area contributed by atoms with Crippen LogP contribution in [0.25, 0.3) is 0 Å². The van der Waals surface area contributed by atoms with Crippen molar-refractivity contribution in [2.75, 3.05) is 13.7 Å². The number of rotatable bonds is 8. The molecule has 0 saturated carbocycles. The van der Waals surface area contributed by atoms with Gasteiger partial charge in [-0.2, -0.15) is 0 Å². The number of nitrogens with zero attached hydrogens (tertiary/aromatic N) is 1. The SMILES string of the molecule is CNC(=O)[C@@H]1[C@H]2C(=O)N([C@@H](CO)Cc3ccccc3)C(C(=O)NC(C)(C)CC(C)(C)C)C23CC[C@H]1O3. The Labute approximate surface area is 214 Å². The summed E-state index contributed by atoms with van der Waals surface area (Å²) < 4.78 is 6.45. The predicted octanol–water partition coefficient (Wildman–Crippen LogP) is 2.04. The van der Waals surface area contributed by atoms with Crippen molar-refractivity contribution in [3.05, 3.63) is 35.9 Å². The van der Waals surface area contributed by atoms with Gasteiger partial charge in [-0.05, 0) is 50.5 Å². The van der Waals surface area contributed by atoms with Crippen LogP contribution in [0.4, 0.5) is 0 Å². The Hall–Kier alpha value is -2.45. The number of benzene rings is 1. The summed E-state index contributed by atoms with van der Waals surface area (Å²) in [5.74, 6) is -2.20. The van der Waals surface area contributed by atoms with Gasteiger partial charge in [0.1, 0.15) is 11.6 Å². The minimum Gasteiger partial charge on any atom is -0.394 e. The number of likely N-dealkylation sites (tertiary alicyclic amines) is 1. The van der Waals surface area contributed by atoms with E-state index in [1.54, 1.807) is 7.05 Å². The highest BCUT2D eigenvalue weighted by atomic mass is 16.5. The number of fused-ring (bicyclic) bond motifs is 1. The van der Waals surface area contributed by atoms with Crippen molar-refractivity contribution in [2.45, 2.75) is 89.6 Å². The molecule has 6 atom stereocenters. The monoisotopic (exact) mass is 499 g/mol. The smallest absolute Gasteiger partial charge is 0.246 e. The van der Waals surface area contributed by atoms with Crippen LogP contribution in [0, 0.1) is 17.3 Å². The summed E-state index contributed by atoms with van der Waals surface area (Å²) in [6, 6.07) is 8.08. The Morgan fingerprint density at radius 3 is 2.42 bits per heavy atom. The van der Waals surface area contributed by atoms with Gasteiger partial charge in [-0.15, -0.1) is 0 Å². The van der Waals surface area contributed by atoms with Crippen LogP contribution in [0.1, 0.15) is 59.4 Å². The molecule has 3 fully saturated rings. The van der Waals surface area contributed by atoms with Gasteiger partial charge in [-0.25, -0.2) is 0 Å². The van der Waals surface area contributed by atoms with E-state index in [9.17, 15) is 19.5 Å². The Balaban J connectivity index is 1.73. The maximum atomic E-state index is 14.1. The molecule has 0 aliphatic carbocycles. The average Bonchev–Trinajstić information content (AvgIpc) is 3.43. The molecule has 8 nitrogen and oxygen atoms in total. The first-order valence-electron chi connectivity index (χ1n) is 13.0. The highest BCUT2D eigenvalue weighted by molar-refractivity contribution is 5.99. The van der Waals surface area contributed by atoms with E-state index < -0.39 is 35.1 Å². The summed E-state index contributed by atoms with van der Waals surface area (Å²) in [7, 11) is 1.56. The molecule has 0 aromatic heterocycles. The van der Waals surface area contributed by atoms with Crippen molar-refractivity contribution < 1.29 is 24.2 Å². The van der Waals surface area contributed by atoms with E-state index in [0.717, 1.165) is 12.0 Å². The highest BCUT2D eigenvalue weighted by Crippen LogP contribution is 2.58. The molecule has 3 aliphatic rings. The second-order valence-corrected chi connectivity index (χ2v) is 12.6. The molecule has 0 radical (unpaired) electrons. The molecule has 8 heteroatoms. The maximum Gasteiger partial charge on any atom is 0.246 e. The minimum absolute atomic E-state index is 0.0175. The van der Waals surface area contributed by atoms with Gasteiger partial charge in [0.25, 0.3) is 0 Å². The average molecular weight is 500 g/mol. The van der Waals surface area contributed by atoms with Crippen LogP contribution in [-0.4, -0.2) is 70.7 Å². The van der Waals surface area contributed by atoms with E-state index in [-0.39, 0.29) is 35.8 Å². The Morgan fingerprint density at radius 2 is 1.83 bits per heavy atom. The van der Waals surface area contributed by atoms with Gasteiger partial charge in [-0.3, -0.25) is 14.4 Å². The lowest BCUT2D eigenvalue weighted by atomic mass is 9.70. The van der Waals surface area contributed by atoms with E-state index >= 15 is 0 Å². The Kier molecular flexibility index (Phi) is 6.99. The first kappa shape index (κ1) is 26.6. The van der Waals surface area contributed by atoms with Gasteiger partial charge in [0, 0.05) is 12.6 Å². The molecule has 198 valence electrons. The fourth-order valence-corrected chi connectivity index (χ4v) is 7.16. The summed E-state index contributed by atoms with van der Waals surface area (Å²) >= 11 is 0. The zero-order valence-electron chi connectivity index (χ0n) is 22.3. The van der Waals surface area contributed by atoms with Crippen molar-refractivity contribution in [3.8, 4) is 0 Å². The van der Waals surface area contributed by atoms with Gasteiger partial charge in [0.05, 0.1) is 30.6 Å². The molecule has 3 aliphatic heterocycles. The number of carbonyl (C=O) groups is 3. The third-order valence-electron chi connectivity index (χ3n) is 7.89. The molecule has 2 bridgehead atoms. The van der Waals surface area contributed by atoms with Crippen molar-refractivity contribution in [1.29, 1.82) is 0 Å². The van der Waals surface area contributed by atoms with Crippen LogP contribution in [0.15, 0.2) is 30.3 Å². The lowest BCUT2D eigenvalue weighted by Gasteiger charge is -2.40. The summed E-state index contributed by atoms with van der Waals surface area (Å²) in [4.78, 5) is 42.6. The zero-order valence-corrected chi connectivity index (χ0v) is 22.3. The second-order valence-electron chi connectivity index (χ2n) is 12.6. The molecular weight excluding hydrogens is 458 g/mol. The van der Waals surface area contributed by atoms with Crippen molar-refractivity contribution in [1.82, 2.24) is 15.5 Å². The highest BCUT2D eigenvalue weighted by Gasteiger charge is 2.75. The molecule has 36 heavy (non-hydrogen) atoms. The van der Waals surface area contributed by atoms with Crippen LogP contribution < -0.4 is 10.6 Å². The molecule has 3 saturated heterocycles. The molecule has 4 rings (SSSR count). The molecule has 3 heterocycles. The Morgan fingerprint density at radius 1 is 1.17 bits per heavy atom. The zero-order chi connectivity index (χ0) is 26.5. The number of carbonyl (C=O) groups excluding carboxylic acids is 3. The van der Waals surface area contributed by atoms with E-state index in [4.69, 9.17) is 4.74 Å². The first-order chi connectivity index (χ1) is 16.8. The summed E-state index contributed by atoms with van der Waals surface area (Å²) in [5.41, 5.74) is -0.662. The van der Waals surface area contributed by atoms with Crippen molar-refractivity contribution >= 4 is 17.7 Å². The molecule has 3 N–H and O–H groups in total. The normalized spacial score (nSPS) is 30.3. The van der Waals surface area contributed by atoms with E-state index in [1.165, 1.54) is 4.90 Å². The van der Waals surface area contributed by atoms with Crippen LogP contribution in [0.3, 0.4) is 0 Å². The van der Waals surface area contributed by atoms with E-state index in [1.807, 2.05) is 44.2 Å². The van der Waals surface area contributed by atoms with Gasteiger partial charge in [0.2, 0.25) is 17.7 Å². The van der Waals surface area contributed by atoms with Gasteiger partial charge < -0.3 is 25.4 Å². The Bertz CT molecular complexity index is 1000. The van der Waals surface area contributed by atoms with E-state index in [2.05, 4.69) is 31.4 Å². The number of aliphatic hydroxyl groups is 1. The second kappa shape index (κ2) is 9.45. The molecule has 1 aromatic carbocycles. The molecule has 1 aromatic rings. The lowest BCUT2D eigenvalue weighted by molar-refractivity contribution is -0.146. The number of hydrogen-bond donors (Lipinski definition) is 3. The molecular formula is C28H41N3O5. The fraction of sp³-hybridized carbons (Fsp3) is 0.679. The van der Waals surface area contributed by atoms with Crippen molar-refractivity contribution in [2.24, 2.45) is 17.3 Å². The number of aliphatic hydroxyl groups excluding tert-OH is 1. The topological polar surface area (TPSA) is 108 Å². The standard InChI is InChI=1S/C28H41N3O5/c1-26(2,3)16-27(4,5)30-24(34)22-28-13-12-19(36-28)20(23(33)29-6)21(28)25(35)31(22)18(15-32)14-17-10-8-7-9-11-17/h7-11,18-22,32H,12-16H2,1-6H3,(H,29,33)(H,30,34)/t18-,19-,20+,21+,22?,28?/m1/s1. The molecule has 2 unspecified atom stereocenters. The van der Waals surface area contributed by atoms with Crippen LogP contribution in [-0.2, 0) is 25.5 Å². The van der Waals surface area contributed by atoms with Crippen molar-refractivity contribution in [3.63, 3.8) is 0 Å². The number of ether oxygens (including phenoxy) is 1. The number of amides is 3. The predicted molar refractivity (Wildman–Crippen MR) is 136 cm³/mol. The van der Waals surface area contributed by atoms with Crippen LogP contribution in [0.2, 0.25) is 0 Å². The fourth-order valence-electron chi connectivity index (χ4n) is 7.16. The van der Waals surface area contributed by atoms with Gasteiger partial charge >= 0.3 is 0 Å². The van der Waals surface area contributed by atoms with E-state index in [0.29, 0.717) is 19.3 Å². The van der Waals surface area contributed by atoms with Crippen LogP contribution in [0.5, 0.6) is 0 Å². The first-order valence-corrected chi connectivity index (χ1v) is 13.0. The third-order valence-corrected chi connectivity index (χ3v) is 7.89. The quantitative estimate of drug-likeness (QED) is 0.507. The minimum atomic E-state index is -1.08. The van der Waals surface area contributed by atoms with Gasteiger partial charge in [-0.1, -0.05) is 51.1 Å².